The molecule has 0 unspecified atom stereocenters. The van der Waals surface area contributed by atoms with E-state index in [9.17, 15) is 9.59 Å². The van der Waals surface area contributed by atoms with Crippen molar-refractivity contribution in [1.82, 2.24) is 0 Å². The summed E-state index contributed by atoms with van der Waals surface area (Å²) in [6.07, 6.45) is 2.44. The van der Waals surface area contributed by atoms with Crippen molar-refractivity contribution in [3.05, 3.63) is 42.0 Å². The van der Waals surface area contributed by atoms with Gasteiger partial charge in [-0.25, -0.2) is 4.79 Å². The Morgan fingerprint density at radius 3 is 2.80 bits per heavy atom. The van der Waals surface area contributed by atoms with Gasteiger partial charge in [0.25, 0.3) is 0 Å². The van der Waals surface area contributed by atoms with Crippen molar-refractivity contribution < 1.29 is 14.3 Å². The van der Waals surface area contributed by atoms with Gasteiger partial charge in [0.1, 0.15) is 5.75 Å². The molecule has 0 heterocycles. The summed E-state index contributed by atoms with van der Waals surface area (Å²) in [5, 5.41) is 0. The molecule has 78 valence electrons. The van der Waals surface area contributed by atoms with Gasteiger partial charge in [-0.05, 0) is 18.1 Å². The molecule has 1 rings (SSSR count). The third-order valence-electron chi connectivity index (χ3n) is 2.00. The van der Waals surface area contributed by atoms with Crippen LogP contribution in [0.25, 0.3) is 0 Å². The van der Waals surface area contributed by atoms with Crippen LogP contribution in [0.3, 0.4) is 0 Å². The fourth-order valence-corrected chi connectivity index (χ4v) is 1.24. The Bertz CT molecular complexity index is 394. The number of esters is 1. The molecule has 0 aliphatic rings. The number of benzene rings is 1. The second kappa shape index (κ2) is 5.10. The highest BCUT2D eigenvalue weighted by molar-refractivity contribution is 5.87. The van der Waals surface area contributed by atoms with Gasteiger partial charge in [-0.2, -0.15) is 0 Å². The zero-order chi connectivity index (χ0) is 11.3. The summed E-state index contributed by atoms with van der Waals surface area (Å²) in [6.45, 7) is 5.23. The second-order valence-electron chi connectivity index (χ2n) is 2.93. The quantitative estimate of drug-likeness (QED) is 0.326. The summed E-state index contributed by atoms with van der Waals surface area (Å²) >= 11 is 0. The summed E-state index contributed by atoms with van der Waals surface area (Å²) in [7, 11) is 0. The number of aryl methyl sites for hydroxylation is 1. The first-order valence-electron chi connectivity index (χ1n) is 4.64. The maximum absolute atomic E-state index is 11.1. The number of carbonyl (C=O) groups excluding carboxylic acids is 2. The van der Waals surface area contributed by atoms with E-state index in [1.54, 1.807) is 12.1 Å². The van der Waals surface area contributed by atoms with Crippen LogP contribution in [-0.2, 0) is 11.2 Å². The van der Waals surface area contributed by atoms with Crippen molar-refractivity contribution in [2.75, 3.05) is 0 Å². The van der Waals surface area contributed by atoms with Gasteiger partial charge in [0.2, 0.25) is 0 Å². The van der Waals surface area contributed by atoms with Gasteiger partial charge < -0.3 is 4.74 Å². The molecule has 0 N–H and O–H groups in total. The molecular formula is C12H12O3. The summed E-state index contributed by atoms with van der Waals surface area (Å²) < 4.78 is 5.02. The number of para-hydroxylation sites is 1. The lowest BCUT2D eigenvalue weighted by atomic mass is 10.1. The Morgan fingerprint density at radius 2 is 2.27 bits per heavy atom. The molecule has 1 aromatic rings. The molecule has 0 saturated carbocycles. The first-order valence-corrected chi connectivity index (χ1v) is 4.64. The van der Waals surface area contributed by atoms with Crippen molar-refractivity contribution in [2.24, 2.45) is 0 Å². The molecule has 0 aliphatic carbocycles. The molecule has 0 fully saturated rings. The minimum absolute atomic E-state index is 0.333. The van der Waals surface area contributed by atoms with Crippen molar-refractivity contribution in [3.63, 3.8) is 0 Å². The van der Waals surface area contributed by atoms with E-state index in [0.29, 0.717) is 24.0 Å². The molecule has 15 heavy (non-hydrogen) atoms. The molecule has 0 radical (unpaired) electrons. The van der Waals surface area contributed by atoms with Crippen LogP contribution in [0.5, 0.6) is 5.75 Å². The molecule has 3 heteroatoms. The Labute approximate surface area is 88.4 Å². The van der Waals surface area contributed by atoms with Gasteiger partial charge >= 0.3 is 5.97 Å². The molecular weight excluding hydrogens is 192 g/mol. The lowest BCUT2D eigenvalue weighted by Gasteiger charge is -2.09. The van der Waals surface area contributed by atoms with E-state index in [0.717, 1.165) is 11.6 Å². The lowest BCUT2D eigenvalue weighted by molar-refractivity contribution is -0.129. The van der Waals surface area contributed by atoms with Crippen molar-refractivity contribution >= 4 is 12.3 Å². The van der Waals surface area contributed by atoms with Crippen LogP contribution in [0.2, 0.25) is 0 Å². The van der Waals surface area contributed by atoms with Gasteiger partial charge in [-0.3, -0.25) is 4.79 Å². The van der Waals surface area contributed by atoms with Crippen molar-refractivity contribution in [3.8, 4) is 5.75 Å². The Kier molecular flexibility index (Phi) is 3.80. The lowest BCUT2D eigenvalue weighted by Crippen LogP contribution is -2.07. The molecule has 3 nitrogen and oxygen atoms in total. The van der Waals surface area contributed by atoms with Crippen LogP contribution in [0.1, 0.15) is 22.8 Å². The number of carbonyl (C=O) groups is 2. The maximum Gasteiger partial charge on any atom is 0.335 e. The number of rotatable bonds is 4. The third-order valence-corrected chi connectivity index (χ3v) is 2.00. The highest BCUT2D eigenvalue weighted by Gasteiger charge is 2.10. The maximum atomic E-state index is 11.1. The van der Waals surface area contributed by atoms with E-state index in [1.165, 1.54) is 0 Å². The van der Waals surface area contributed by atoms with Gasteiger partial charge in [-0.15, -0.1) is 0 Å². The monoisotopic (exact) mass is 204 g/mol. The topological polar surface area (TPSA) is 43.4 Å². The zero-order valence-electron chi connectivity index (χ0n) is 8.53. The van der Waals surface area contributed by atoms with Crippen LogP contribution >= 0.6 is 0 Å². The van der Waals surface area contributed by atoms with E-state index < -0.39 is 5.97 Å². The normalized spacial score (nSPS) is 9.40. The van der Waals surface area contributed by atoms with Crippen LogP contribution in [0.4, 0.5) is 0 Å². The van der Waals surface area contributed by atoms with Gasteiger partial charge in [0.05, 0.1) is 5.56 Å². The molecule has 0 spiro atoms. The molecule has 1 aromatic carbocycles. The highest BCUT2D eigenvalue weighted by Crippen LogP contribution is 2.23. The largest absolute Gasteiger partial charge is 0.422 e. The fourth-order valence-electron chi connectivity index (χ4n) is 1.24. The Morgan fingerprint density at radius 1 is 1.53 bits per heavy atom. The van der Waals surface area contributed by atoms with E-state index in [-0.39, 0.29) is 0 Å². The summed E-state index contributed by atoms with van der Waals surface area (Å²) in [5.74, 6) is -0.223. The summed E-state index contributed by atoms with van der Waals surface area (Å²) in [6, 6.07) is 5.18. The van der Waals surface area contributed by atoms with Crippen LogP contribution in [0, 0.1) is 0 Å². The SMILES string of the molecule is C=CC(=O)Oc1c(C=O)cccc1CC. The minimum atomic E-state index is -0.556. The second-order valence-corrected chi connectivity index (χ2v) is 2.93. The highest BCUT2D eigenvalue weighted by atomic mass is 16.5. The first kappa shape index (κ1) is 11.2. The zero-order valence-corrected chi connectivity index (χ0v) is 8.53. The average molecular weight is 204 g/mol. The van der Waals surface area contributed by atoms with Crippen LogP contribution in [-0.4, -0.2) is 12.3 Å². The molecule has 0 amide bonds. The van der Waals surface area contributed by atoms with E-state index in [4.69, 9.17) is 4.74 Å². The van der Waals surface area contributed by atoms with Gasteiger partial charge in [0, 0.05) is 6.08 Å². The van der Waals surface area contributed by atoms with Crippen LogP contribution < -0.4 is 4.74 Å². The predicted octanol–water partition coefficient (Wildman–Crippen LogP) is 2.15. The molecule has 0 atom stereocenters. The van der Waals surface area contributed by atoms with E-state index in [1.807, 2.05) is 13.0 Å². The van der Waals surface area contributed by atoms with E-state index in [2.05, 4.69) is 6.58 Å². The summed E-state index contributed by atoms with van der Waals surface area (Å²) in [5.41, 5.74) is 1.21. The standard InChI is InChI=1S/C12H12O3/c1-3-9-6-5-7-10(8-13)12(9)15-11(14)4-2/h4-8H,2-3H2,1H3. The first-order chi connectivity index (χ1) is 7.22. The van der Waals surface area contributed by atoms with Gasteiger partial charge in [0.15, 0.2) is 6.29 Å². The fraction of sp³-hybridized carbons (Fsp3) is 0.167. The number of ether oxygens (including phenoxy) is 1. The van der Waals surface area contributed by atoms with E-state index >= 15 is 0 Å². The number of hydrogen-bond acceptors (Lipinski definition) is 3. The van der Waals surface area contributed by atoms with Gasteiger partial charge in [-0.1, -0.05) is 25.6 Å². The predicted molar refractivity (Wildman–Crippen MR) is 57.0 cm³/mol. The summed E-state index contributed by atoms with van der Waals surface area (Å²) in [4.78, 5) is 21.8. The van der Waals surface area contributed by atoms with Crippen LogP contribution in [0.15, 0.2) is 30.9 Å². The third kappa shape index (κ3) is 2.53. The number of aldehydes is 1. The smallest absolute Gasteiger partial charge is 0.335 e. The number of hydrogen-bond donors (Lipinski definition) is 0. The van der Waals surface area contributed by atoms with Crippen molar-refractivity contribution in [2.45, 2.75) is 13.3 Å². The molecule has 0 aliphatic heterocycles. The molecule has 0 saturated heterocycles. The molecule has 0 aromatic heterocycles. The minimum Gasteiger partial charge on any atom is -0.422 e. The Balaban J connectivity index is 3.15. The molecule has 0 bridgehead atoms. The Hall–Kier alpha value is -1.90. The average Bonchev–Trinajstić information content (AvgIpc) is 2.29. The van der Waals surface area contributed by atoms with Crippen molar-refractivity contribution in [1.29, 1.82) is 0 Å².